The van der Waals surface area contributed by atoms with Gasteiger partial charge in [-0.15, -0.1) is 13.2 Å². The number of nitrogens with one attached hydrogen (secondary N) is 3. The number of benzene rings is 2. The number of para-hydroxylation sites is 1. The lowest BCUT2D eigenvalue weighted by atomic mass is 9.91. The first kappa shape index (κ1) is 28.0. The van der Waals surface area contributed by atoms with Crippen molar-refractivity contribution in [3.05, 3.63) is 52.5 Å². The van der Waals surface area contributed by atoms with Gasteiger partial charge in [0.25, 0.3) is 0 Å². The third-order valence-corrected chi connectivity index (χ3v) is 6.42. The van der Waals surface area contributed by atoms with E-state index >= 15 is 0 Å². The van der Waals surface area contributed by atoms with E-state index in [1.807, 2.05) is 24.3 Å². The van der Waals surface area contributed by atoms with E-state index in [0.29, 0.717) is 22.5 Å². The molecule has 3 aromatic rings. The number of fused-ring (bicyclic) bond motifs is 1. The maximum atomic E-state index is 12.8. The maximum absolute atomic E-state index is 12.8. The molecule has 0 atom stereocenters. The van der Waals surface area contributed by atoms with Crippen molar-refractivity contribution in [3.8, 4) is 5.75 Å². The van der Waals surface area contributed by atoms with E-state index in [1.54, 1.807) is 12.1 Å². The number of hydrogen-bond acceptors (Lipinski definition) is 6. The second-order valence-electron chi connectivity index (χ2n) is 9.09. The molecule has 0 bridgehead atoms. The van der Waals surface area contributed by atoms with Crippen LogP contribution in [0.15, 0.2) is 46.9 Å². The zero-order valence-electron chi connectivity index (χ0n) is 19.6. The largest absolute Gasteiger partial charge is 0.573 e. The maximum Gasteiger partial charge on any atom is 0.573 e. The van der Waals surface area contributed by atoms with Crippen LogP contribution in [0.1, 0.15) is 52.5 Å². The van der Waals surface area contributed by atoms with E-state index < -0.39 is 6.36 Å². The fraction of sp³-hybridized carbons (Fsp3) is 0.462. The van der Waals surface area contributed by atoms with Crippen molar-refractivity contribution in [1.29, 1.82) is 0 Å². The van der Waals surface area contributed by atoms with Gasteiger partial charge >= 0.3 is 6.36 Å². The second-order valence-corrected chi connectivity index (χ2v) is 10.0. The monoisotopic (exact) mass is 567 g/mol. The molecule has 10 heteroatoms. The van der Waals surface area contributed by atoms with Gasteiger partial charge in [-0.1, -0.05) is 41.6 Å². The SMILES string of the molecule is C.CC(C)Nc1nc(NC2CCC(NCc3ccc(Br)cc3OC(F)(F)F)CC2)nc2ccccc12. The topological polar surface area (TPSA) is 71.1 Å². The number of halogens is 4. The summed E-state index contributed by atoms with van der Waals surface area (Å²) in [7, 11) is 0. The Kier molecular flexibility index (Phi) is 9.41. The number of rotatable bonds is 8. The van der Waals surface area contributed by atoms with Crippen LogP contribution in [-0.4, -0.2) is 34.5 Å². The third-order valence-electron chi connectivity index (χ3n) is 5.93. The molecule has 1 aliphatic carbocycles. The molecule has 4 rings (SSSR count). The van der Waals surface area contributed by atoms with Crippen LogP contribution in [0.3, 0.4) is 0 Å². The molecular weight excluding hydrogens is 535 g/mol. The molecule has 0 radical (unpaired) electrons. The summed E-state index contributed by atoms with van der Waals surface area (Å²) in [5, 5.41) is 11.3. The first-order valence-electron chi connectivity index (χ1n) is 11.7. The molecule has 0 amide bonds. The van der Waals surface area contributed by atoms with Crippen LogP contribution in [0, 0.1) is 0 Å². The Labute approximate surface area is 218 Å². The molecular formula is C26H33BrF3N5O. The molecule has 36 heavy (non-hydrogen) atoms. The molecule has 1 heterocycles. The van der Waals surface area contributed by atoms with Gasteiger partial charge in [0, 0.05) is 40.1 Å². The van der Waals surface area contributed by atoms with Gasteiger partial charge in [-0.25, -0.2) is 4.98 Å². The van der Waals surface area contributed by atoms with Crippen molar-refractivity contribution in [3.63, 3.8) is 0 Å². The fourth-order valence-corrected chi connectivity index (χ4v) is 4.64. The lowest BCUT2D eigenvalue weighted by Crippen LogP contribution is -2.37. The zero-order valence-corrected chi connectivity index (χ0v) is 21.2. The molecule has 1 aliphatic rings. The molecule has 196 valence electrons. The van der Waals surface area contributed by atoms with Gasteiger partial charge < -0.3 is 20.7 Å². The van der Waals surface area contributed by atoms with Gasteiger partial charge in [-0.2, -0.15) is 4.98 Å². The quantitative estimate of drug-likeness (QED) is 0.266. The highest BCUT2D eigenvalue weighted by Crippen LogP contribution is 2.30. The predicted molar refractivity (Wildman–Crippen MR) is 142 cm³/mol. The summed E-state index contributed by atoms with van der Waals surface area (Å²) in [6, 6.07) is 13.3. The fourth-order valence-electron chi connectivity index (χ4n) is 4.30. The van der Waals surface area contributed by atoms with E-state index in [2.05, 4.69) is 50.5 Å². The summed E-state index contributed by atoms with van der Waals surface area (Å²) >= 11 is 3.21. The number of ether oxygens (including phenoxy) is 1. The number of nitrogens with zero attached hydrogens (tertiary/aromatic N) is 2. The van der Waals surface area contributed by atoms with Gasteiger partial charge in [0.2, 0.25) is 5.95 Å². The Bertz CT molecular complexity index is 1150. The predicted octanol–water partition coefficient (Wildman–Crippen LogP) is 7.26. The summed E-state index contributed by atoms with van der Waals surface area (Å²) in [5.41, 5.74) is 1.36. The molecule has 0 saturated heterocycles. The molecule has 6 nitrogen and oxygen atoms in total. The molecule has 1 fully saturated rings. The van der Waals surface area contributed by atoms with Crippen LogP contribution < -0.4 is 20.7 Å². The number of alkyl halides is 3. The highest BCUT2D eigenvalue weighted by molar-refractivity contribution is 9.10. The van der Waals surface area contributed by atoms with E-state index in [-0.39, 0.29) is 31.3 Å². The standard InChI is InChI=1S/C25H29BrF3N5O.CH4/c1-15(2)31-23-20-5-3-4-6-21(20)33-24(34-23)32-19-11-9-18(10-12-19)30-14-16-7-8-17(26)13-22(16)35-25(27,28)29;/h3-8,13,15,18-19,30H,9-12,14H2,1-2H3,(H2,31,32,33,34);1H4. The Hall–Kier alpha value is -2.59. The number of aromatic nitrogens is 2. The second kappa shape index (κ2) is 12.1. The summed E-state index contributed by atoms with van der Waals surface area (Å²) in [5.74, 6) is 1.23. The van der Waals surface area contributed by atoms with Crippen molar-refractivity contribution >= 4 is 38.6 Å². The molecule has 0 aliphatic heterocycles. The summed E-state index contributed by atoms with van der Waals surface area (Å²) < 4.78 is 43.0. The Morgan fingerprint density at radius 2 is 1.72 bits per heavy atom. The molecule has 1 saturated carbocycles. The number of hydrogen-bond donors (Lipinski definition) is 3. The highest BCUT2D eigenvalue weighted by Gasteiger charge is 2.32. The van der Waals surface area contributed by atoms with E-state index in [1.165, 1.54) is 6.07 Å². The van der Waals surface area contributed by atoms with Crippen molar-refractivity contribution < 1.29 is 17.9 Å². The van der Waals surface area contributed by atoms with Crippen molar-refractivity contribution in [2.45, 2.75) is 78.0 Å². The third kappa shape index (κ3) is 7.70. The molecule has 2 aromatic carbocycles. The van der Waals surface area contributed by atoms with Crippen molar-refractivity contribution in [2.24, 2.45) is 0 Å². The minimum Gasteiger partial charge on any atom is -0.405 e. The Morgan fingerprint density at radius 3 is 2.42 bits per heavy atom. The van der Waals surface area contributed by atoms with Crippen molar-refractivity contribution in [1.82, 2.24) is 15.3 Å². The smallest absolute Gasteiger partial charge is 0.405 e. The first-order valence-corrected chi connectivity index (χ1v) is 12.5. The van der Waals surface area contributed by atoms with Crippen LogP contribution in [0.2, 0.25) is 0 Å². The summed E-state index contributed by atoms with van der Waals surface area (Å²) in [6.45, 7) is 4.45. The van der Waals surface area contributed by atoms with Crippen LogP contribution in [0.5, 0.6) is 5.75 Å². The van der Waals surface area contributed by atoms with Gasteiger partial charge in [-0.3, -0.25) is 0 Å². The van der Waals surface area contributed by atoms with Crippen LogP contribution in [0.25, 0.3) is 10.9 Å². The molecule has 1 aromatic heterocycles. The molecule has 0 unspecified atom stereocenters. The average molecular weight is 568 g/mol. The van der Waals surface area contributed by atoms with Crippen LogP contribution >= 0.6 is 15.9 Å². The minimum absolute atomic E-state index is 0. The van der Waals surface area contributed by atoms with E-state index in [9.17, 15) is 13.2 Å². The average Bonchev–Trinajstić information content (AvgIpc) is 2.78. The zero-order chi connectivity index (χ0) is 25.0. The lowest BCUT2D eigenvalue weighted by Gasteiger charge is -2.30. The van der Waals surface area contributed by atoms with Crippen LogP contribution in [0.4, 0.5) is 24.9 Å². The van der Waals surface area contributed by atoms with E-state index in [4.69, 9.17) is 9.97 Å². The lowest BCUT2D eigenvalue weighted by molar-refractivity contribution is -0.274. The van der Waals surface area contributed by atoms with Gasteiger partial charge in [-0.05, 0) is 63.8 Å². The van der Waals surface area contributed by atoms with Crippen molar-refractivity contribution in [2.75, 3.05) is 10.6 Å². The molecule has 0 spiro atoms. The normalized spacial score (nSPS) is 18.1. The van der Waals surface area contributed by atoms with Gasteiger partial charge in [0.05, 0.1) is 5.52 Å². The Morgan fingerprint density at radius 1 is 1.03 bits per heavy atom. The summed E-state index contributed by atoms with van der Waals surface area (Å²) in [6.07, 6.45) is -1.11. The van der Waals surface area contributed by atoms with Gasteiger partial charge in [0.1, 0.15) is 11.6 Å². The Balaban J connectivity index is 0.00000361. The summed E-state index contributed by atoms with van der Waals surface area (Å²) in [4.78, 5) is 9.41. The van der Waals surface area contributed by atoms with Gasteiger partial charge in [0.15, 0.2) is 0 Å². The van der Waals surface area contributed by atoms with E-state index in [0.717, 1.165) is 42.4 Å². The van der Waals surface area contributed by atoms with Crippen LogP contribution in [-0.2, 0) is 6.54 Å². The minimum atomic E-state index is -4.73. The molecule has 3 N–H and O–H groups in total. The first-order chi connectivity index (χ1) is 16.7. The highest BCUT2D eigenvalue weighted by atomic mass is 79.9. The number of anilines is 2.